The molecule has 0 fully saturated rings. The van der Waals surface area contributed by atoms with Crippen LogP contribution in [0.3, 0.4) is 0 Å². The van der Waals surface area contributed by atoms with Gasteiger partial charge in [0.2, 0.25) is 0 Å². The van der Waals surface area contributed by atoms with Gasteiger partial charge in [-0.15, -0.1) is 0 Å². The second kappa shape index (κ2) is 58.1. The van der Waals surface area contributed by atoms with Crippen LogP contribution >= 0.6 is 0 Å². The van der Waals surface area contributed by atoms with Crippen LogP contribution in [-0.2, 0) is 28.6 Å². The molecule has 6 heteroatoms. The Hall–Kier alpha value is -1.59. The fraction of sp³-hybridized carbons (Fsp3) is 0.955. The minimum absolute atomic E-state index is 0.0628. The lowest BCUT2D eigenvalue weighted by atomic mass is 9.99. The number of carbonyl (C=O) groups is 3. The van der Waals surface area contributed by atoms with Crippen molar-refractivity contribution in [3.8, 4) is 0 Å². The van der Waals surface area contributed by atoms with E-state index in [4.69, 9.17) is 14.2 Å². The summed E-state index contributed by atoms with van der Waals surface area (Å²) in [6, 6.07) is 0. The Morgan fingerprint density at radius 1 is 0.274 bits per heavy atom. The van der Waals surface area contributed by atoms with Crippen molar-refractivity contribution in [3.05, 3.63) is 0 Å². The molecular formula is C67H130O6. The SMILES string of the molecule is CCC(C)CCCCCCCCCCCCCCCCCCCCC(=O)OC[C@H](COC(=O)CCCCCCCCCCC(C)CC)OC(=O)CCCCCCCCCCCCCCCCCCCCC(C)C. The van der Waals surface area contributed by atoms with Crippen LogP contribution in [0, 0.1) is 17.8 Å². The van der Waals surface area contributed by atoms with Crippen molar-refractivity contribution >= 4 is 17.9 Å². The topological polar surface area (TPSA) is 78.9 Å². The molecule has 73 heavy (non-hydrogen) atoms. The Morgan fingerprint density at radius 2 is 0.479 bits per heavy atom. The third-order valence-corrected chi connectivity index (χ3v) is 16.1. The van der Waals surface area contributed by atoms with Gasteiger partial charge in [-0.2, -0.15) is 0 Å². The molecule has 0 aliphatic carbocycles. The second-order valence-corrected chi connectivity index (χ2v) is 24.1. The first-order valence-corrected chi connectivity index (χ1v) is 33.2. The molecule has 3 atom stereocenters. The van der Waals surface area contributed by atoms with E-state index >= 15 is 0 Å². The summed E-state index contributed by atoms with van der Waals surface area (Å²) in [5.74, 6) is 1.78. The monoisotopic (exact) mass is 1030 g/mol. The van der Waals surface area contributed by atoms with Crippen LogP contribution in [0.1, 0.15) is 375 Å². The van der Waals surface area contributed by atoms with Gasteiger partial charge in [-0.3, -0.25) is 14.4 Å². The molecule has 0 saturated heterocycles. The molecule has 0 aliphatic heterocycles. The molecular weight excluding hydrogens is 901 g/mol. The highest BCUT2D eigenvalue weighted by atomic mass is 16.6. The third kappa shape index (κ3) is 57.9. The van der Waals surface area contributed by atoms with Crippen molar-refractivity contribution in [2.45, 2.75) is 382 Å². The first kappa shape index (κ1) is 71.4. The molecule has 0 saturated carbocycles. The third-order valence-electron chi connectivity index (χ3n) is 16.1. The summed E-state index contributed by atoms with van der Waals surface area (Å²) in [5.41, 5.74) is 0. The van der Waals surface area contributed by atoms with Gasteiger partial charge in [-0.1, -0.05) is 337 Å². The molecule has 0 bridgehead atoms. The maximum atomic E-state index is 12.9. The van der Waals surface area contributed by atoms with E-state index in [9.17, 15) is 14.4 Å². The molecule has 0 aromatic heterocycles. The van der Waals surface area contributed by atoms with Crippen LogP contribution in [0.15, 0.2) is 0 Å². The number of unbranched alkanes of at least 4 members (excludes halogenated alkanes) is 41. The molecule has 0 amide bonds. The Balaban J connectivity index is 4.22. The van der Waals surface area contributed by atoms with Crippen molar-refractivity contribution in [3.63, 3.8) is 0 Å². The molecule has 0 rings (SSSR count). The van der Waals surface area contributed by atoms with Gasteiger partial charge in [0.1, 0.15) is 13.2 Å². The largest absolute Gasteiger partial charge is 0.462 e. The molecule has 0 aromatic carbocycles. The van der Waals surface area contributed by atoms with Gasteiger partial charge in [0.15, 0.2) is 6.10 Å². The van der Waals surface area contributed by atoms with Crippen LogP contribution in [-0.4, -0.2) is 37.2 Å². The predicted molar refractivity (Wildman–Crippen MR) is 316 cm³/mol. The zero-order valence-electron chi connectivity index (χ0n) is 50.4. The van der Waals surface area contributed by atoms with Crippen LogP contribution in [0.25, 0.3) is 0 Å². The molecule has 434 valence electrons. The number of esters is 3. The first-order valence-electron chi connectivity index (χ1n) is 33.2. The number of ether oxygens (including phenoxy) is 3. The highest BCUT2D eigenvalue weighted by Crippen LogP contribution is 2.20. The summed E-state index contributed by atoms with van der Waals surface area (Å²) in [6.45, 7) is 13.9. The van der Waals surface area contributed by atoms with Crippen molar-refractivity contribution < 1.29 is 28.6 Å². The second-order valence-electron chi connectivity index (χ2n) is 24.1. The smallest absolute Gasteiger partial charge is 0.306 e. The van der Waals surface area contributed by atoms with Crippen molar-refractivity contribution in [1.29, 1.82) is 0 Å². The normalized spacial score (nSPS) is 12.9. The number of hydrogen-bond donors (Lipinski definition) is 0. The van der Waals surface area contributed by atoms with Gasteiger partial charge >= 0.3 is 17.9 Å². The summed E-state index contributed by atoms with van der Waals surface area (Å²) in [5, 5.41) is 0. The molecule has 6 nitrogen and oxygen atoms in total. The van der Waals surface area contributed by atoms with Gasteiger partial charge in [0.25, 0.3) is 0 Å². The van der Waals surface area contributed by atoms with E-state index in [0.717, 1.165) is 75.5 Å². The Morgan fingerprint density at radius 3 is 0.712 bits per heavy atom. The van der Waals surface area contributed by atoms with Gasteiger partial charge in [-0.25, -0.2) is 0 Å². The quantitative estimate of drug-likeness (QED) is 0.0343. The predicted octanol–water partition coefficient (Wildman–Crippen LogP) is 22.2. The molecule has 0 spiro atoms. The Kier molecular flexibility index (Phi) is 56.8. The Bertz CT molecular complexity index is 1140. The van der Waals surface area contributed by atoms with Gasteiger partial charge in [0, 0.05) is 19.3 Å². The van der Waals surface area contributed by atoms with Gasteiger partial charge in [0.05, 0.1) is 0 Å². The molecule has 0 radical (unpaired) electrons. The van der Waals surface area contributed by atoms with Crippen molar-refractivity contribution in [1.82, 2.24) is 0 Å². The van der Waals surface area contributed by atoms with Gasteiger partial charge < -0.3 is 14.2 Å². The highest BCUT2D eigenvalue weighted by molar-refractivity contribution is 5.71. The average molecular weight is 1030 g/mol. The maximum Gasteiger partial charge on any atom is 0.306 e. The van der Waals surface area contributed by atoms with Crippen LogP contribution < -0.4 is 0 Å². The van der Waals surface area contributed by atoms with Crippen molar-refractivity contribution in [2.24, 2.45) is 17.8 Å². The number of hydrogen-bond acceptors (Lipinski definition) is 6. The van der Waals surface area contributed by atoms with E-state index in [1.54, 1.807) is 0 Å². The highest BCUT2D eigenvalue weighted by Gasteiger charge is 2.20. The van der Waals surface area contributed by atoms with E-state index in [1.807, 2.05) is 0 Å². The fourth-order valence-corrected chi connectivity index (χ4v) is 10.3. The summed E-state index contributed by atoms with van der Waals surface area (Å²) in [7, 11) is 0. The lowest BCUT2D eigenvalue weighted by Gasteiger charge is -2.18. The Labute approximate surface area is 457 Å². The summed E-state index contributed by atoms with van der Waals surface area (Å²) >= 11 is 0. The maximum absolute atomic E-state index is 12.9. The molecule has 0 aromatic rings. The van der Waals surface area contributed by atoms with Crippen LogP contribution in [0.2, 0.25) is 0 Å². The summed E-state index contributed by atoms with van der Waals surface area (Å²) < 4.78 is 17.0. The van der Waals surface area contributed by atoms with E-state index in [1.165, 1.54) is 257 Å². The molecule has 0 N–H and O–H groups in total. The zero-order chi connectivity index (χ0) is 53.3. The lowest BCUT2D eigenvalue weighted by Crippen LogP contribution is -2.30. The number of rotatable bonds is 60. The zero-order valence-corrected chi connectivity index (χ0v) is 50.4. The molecule has 0 heterocycles. The van der Waals surface area contributed by atoms with E-state index in [2.05, 4.69) is 41.5 Å². The van der Waals surface area contributed by atoms with Crippen LogP contribution in [0.4, 0.5) is 0 Å². The fourth-order valence-electron chi connectivity index (χ4n) is 10.3. The lowest BCUT2D eigenvalue weighted by molar-refractivity contribution is -0.167. The van der Waals surface area contributed by atoms with Gasteiger partial charge in [-0.05, 0) is 37.0 Å². The first-order chi connectivity index (χ1) is 35.7. The summed E-state index contributed by atoms with van der Waals surface area (Å²) in [4.78, 5) is 38.3. The number of carbonyl (C=O) groups excluding carboxylic acids is 3. The van der Waals surface area contributed by atoms with E-state index in [0.29, 0.717) is 19.3 Å². The van der Waals surface area contributed by atoms with E-state index < -0.39 is 6.10 Å². The minimum Gasteiger partial charge on any atom is -0.462 e. The van der Waals surface area contributed by atoms with Crippen molar-refractivity contribution in [2.75, 3.05) is 13.2 Å². The average Bonchev–Trinajstić information content (AvgIpc) is 3.38. The van der Waals surface area contributed by atoms with Crippen LogP contribution in [0.5, 0.6) is 0 Å². The van der Waals surface area contributed by atoms with E-state index in [-0.39, 0.29) is 31.1 Å². The standard InChI is InChI=1S/C67H130O6/c1-7-62(5)54-48-42-36-30-26-22-18-14-10-12-15-19-23-27-31-38-44-50-56-65(68)71-59-64(60-72-66(69)57-51-45-39-34-33-37-43-49-55-63(6)8-2)73-67(70)58-52-46-40-32-28-24-20-16-11-9-13-17-21-25-29-35-41-47-53-61(3)4/h61-64H,7-60H2,1-6H3/t62?,63?,64-/m1/s1. The molecule has 2 unspecified atom stereocenters. The molecule has 0 aliphatic rings. The summed E-state index contributed by atoms with van der Waals surface area (Å²) in [6.07, 6.45) is 63.9. The minimum atomic E-state index is -0.765.